The van der Waals surface area contributed by atoms with Gasteiger partial charge in [0.15, 0.2) is 0 Å². The van der Waals surface area contributed by atoms with Crippen LogP contribution in [0.25, 0.3) is 0 Å². The average Bonchev–Trinajstić information content (AvgIpc) is 3.53. The summed E-state index contributed by atoms with van der Waals surface area (Å²) < 4.78 is 13.1. The van der Waals surface area contributed by atoms with Gasteiger partial charge in [-0.25, -0.2) is 4.39 Å². The first kappa shape index (κ1) is 19.4. The number of halogens is 1. The summed E-state index contributed by atoms with van der Waals surface area (Å²) in [6.45, 7) is 3.32. The van der Waals surface area contributed by atoms with Crippen LogP contribution in [0.2, 0.25) is 0 Å². The molecule has 0 bridgehead atoms. The maximum absolute atomic E-state index is 13.1. The molecule has 4 rings (SSSR count). The van der Waals surface area contributed by atoms with E-state index in [4.69, 9.17) is 0 Å². The van der Waals surface area contributed by atoms with Gasteiger partial charge in [-0.15, -0.1) is 0 Å². The summed E-state index contributed by atoms with van der Waals surface area (Å²) in [4.78, 5) is 29.2. The maximum atomic E-state index is 13.1. The van der Waals surface area contributed by atoms with Gasteiger partial charge < -0.3 is 15.5 Å². The lowest BCUT2D eigenvalue weighted by Gasteiger charge is -2.35. The van der Waals surface area contributed by atoms with Crippen molar-refractivity contribution in [3.05, 3.63) is 59.9 Å². The van der Waals surface area contributed by atoms with Crippen LogP contribution in [0.5, 0.6) is 0 Å². The Kier molecular flexibility index (Phi) is 5.76. The van der Waals surface area contributed by atoms with Gasteiger partial charge in [0, 0.05) is 37.9 Å². The third kappa shape index (κ3) is 5.12. The van der Waals surface area contributed by atoms with Crippen LogP contribution in [0.3, 0.4) is 0 Å². The van der Waals surface area contributed by atoms with E-state index in [0.717, 1.165) is 44.7 Å². The summed E-state index contributed by atoms with van der Waals surface area (Å²) in [5.41, 5.74) is 2.03. The zero-order valence-electron chi connectivity index (χ0n) is 16.2. The van der Waals surface area contributed by atoms with Crippen molar-refractivity contribution < 1.29 is 14.0 Å². The summed E-state index contributed by atoms with van der Waals surface area (Å²) in [5, 5.41) is 5.84. The van der Waals surface area contributed by atoms with E-state index < -0.39 is 0 Å². The normalized spacial score (nSPS) is 17.1. The molecular formula is C22H25FN4O2. The highest BCUT2D eigenvalue weighted by Gasteiger charge is 2.25. The number of hydrogen-bond donors (Lipinski definition) is 2. The van der Waals surface area contributed by atoms with Crippen LogP contribution in [0, 0.1) is 5.82 Å². The summed E-state index contributed by atoms with van der Waals surface area (Å²) >= 11 is 0. The van der Waals surface area contributed by atoms with Crippen molar-refractivity contribution in [3.8, 4) is 0 Å². The Balaban J connectivity index is 1.29. The second kappa shape index (κ2) is 8.61. The molecule has 1 aliphatic heterocycles. The molecule has 2 N–H and O–H groups in total. The number of rotatable bonds is 6. The van der Waals surface area contributed by atoms with Gasteiger partial charge in [-0.05, 0) is 49.2 Å². The van der Waals surface area contributed by atoms with Crippen molar-refractivity contribution >= 4 is 23.2 Å². The predicted octanol–water partition coefficient (Wildman–Crippen LogP) is 2.48. The third-order valence-electron chi connectivity index (χ3n) is 5.29. The quantitative estimate of drug-likeness (QED) is 0.788. The Morgan fingerprint density at radius 2 is 1.66 bits per heavy atom. The van der Waals surface area contributed by atoms with Crippen molar-refractivity contribution in [1.82, 2.24) is 10.2 Å². The van der Waals surface area contributed by atoms with Gasteiger partial charge in [0.05, 0.1) is 17.8 Å². The van der Waals surface area contributed by atoms with Crippen molar-refractivity contribution in [3.63, 3.8) is 0 Å². The molecule has 2 fully saturated rings. The topological polar surface area (TPSA) is 64.7 Å². The Bertz CT molecular complexity index is 875. The number of piperazine rings is 1. The first-order valence-corrected chi connectivity index (χ1v) is 10.0. The van der Waals surface area contributed by atoms with E-state index in [1.165, 1.54) is 12.1 Å². The van der Waals surface area contributed by atoms with E-state index in [-0.39, 0.29) is 30.2 Å². The molecule has 2 aromatic rings. The largest absolute Gasteiger partial charge is 0.369 e. The van der Waals surface area contributed by atoms with Crippen LogP contribution >= 0.6 is 0 Å². The van der Waals surface area contributed by atoms with Crippen LogP contribution in [0.15, 0.2) is 48.5 Å². The van der Waals surface area contributed by atoms with E-state index in [1.54, 1.807) is 30.3 Å². The highest BCUT2D eigenvalue weighted by atomic mass is 19.1. The minimum Gasteiger partial charge on any atom is -0.369 e. The molecule has 1 saturated carbocycles. The fourth-order valence-electron chi connectivity index (χ4n) is 3.49. The summed E-state index contributed by atoms with van der Waals surface area (Å²) in [7, 11) is 0. The molecule has 1 saturated heterocycles. The molecule has 0 atom stereocenters. The lowest BCUT2D eigenvalue weighted by Crippen LogP contribution is -2.48. The Labute approximate surface area is 169 Å². The summed E-state index contributed by atoms with van der Waals surface area (Å²) in [6, 6.07) is 13.8. The van der Waals surface area contributed by atoms with Crippen molar-refractivity contribution in [2.45, 2.75) is 18.9 Å². The monoisotopic (exact) mass is 396 g/mol. The molecular weight excluding hydrogens is 371 g/mol. The number of anilines is 2. The molecule has 0 radical (unpaired) electrons. The number of benzene rings is 2. The van der Waals surface area contributed by atoms with Crippen LogP contribution in [0.1, 0.15) is 23.2 Å². The average molecular weight is 396 g/mol. The van der Waals surface area contributed by atoms with E-state index in [0.29, 0.717) is 11.3 Å². The molecule has 2 aliphatic rings. The fourth-order valence-corrected chi connectivity index (χ4v) is 3.49. The molecule has 2 amide bonds. The Morgan fingerprint density at radius 1 is 0.966 bits per heavy atom. The lowest BCUT2D eigenvalue weighted by atomic mass is 10.1. The zero-order chi connectivity index (χ0) is 20.2. The first-order chi connectivity index (χ1) is 14.1. The minimum atomic E-state index is -0.241. The fraction of sp³-hybridized carbons (Fsp3) is 0.364. The molecule has 0 aromatic heterocycles. The Morgan fingerprint density at radius 3 is 2.34 bits per heavy atom. The van der Waals surface area contributed by atoms with E-state index in [2.05, 4.69) is 20.4 Å². The maximum Gasteiger partial charge on any atom is 0.253 e. The van der Waals surface area contributed by atoms with Gasteiger partial charge in [0.1, 0.15) is 5.82 Å². The van der Waals surface area contributed by atoms with Crippen LogP contribution in [-0.4, -0.2) is 55.5 Å². The number of nitrogens with zero attached hydrogens (tertiary/aromatic N) is 2. The molecule has 152 valence electrons. The van der Waals surface area contributed by atoms with Crippen LogP contribution in [0.4, 0.5) is 15.8 Å². The Hall–Kier alpha value is -2.93. The minimum absolute atomic E-state index is 0.132. The molecule has 0 spiro atoms. The van der Waals surface area contributed by atoms with Gasteiger partial charge in [0.2, 0.25) is 5.91 Å². The van der Waals surface area contributed by atoms with E-state index in [1.807, 2.05) is 6.07 Å². The first-order valence-electron chi connectivity index (χ1n) is 10.0. The molecule has 0 unspecified atom stereocenters. The molecule has 1 heterocycles. The number of para-hydroxylation sites is 1. The SMILES string of the molecule is O=C(CN1CCN(c2ccc(F)cc2)CC1)Nc1ccccc1C(=O)NC1CC1. The van der Waals surface area contributed by atoms with Gasteiger partial charge in [0.25, 0.3) is 5.91 Å². The second-order valence-corrected chi connectivity index (χ2v) is 7.58. The number of amides is 2. The third-order valence-corrected chi connectivity index (χ3v) is 5.29. The summed E-state index contributed by atoms with van der Waals surface area (Å²) in [6.07, 6.45) is 2.04. The van der Waals surface area contributed by atoms with Gasteiger partial charge in [-0.3, -0.25) is 14.5 Å². The molecule has 29 heavy (non-hydrogen) atoms. The van der Waals surface area contributed by atoms with Crippen molar-refractivity contribution in [2.75, 3.05) is 42.9 Å². The molecule has 1 aliphatic carbocycles. The zero-order valence-corrected chi connectivity index (χ0v) is 16.2. The number of hydrogen-bond acceptors (Lipinski definition) is 4. The van der Waals surface area contributed by atoms with E-state index in [9.17, 15) is 14.0 Å². The second-order valence-electron chi connectivity index (χ2n) is 7.58. The number of nitrogens with one attached hydrogen (secondary N) is 2. The van der Waals surface area contributed by atoms with Crippen LogP contribution in [-0.2, 0) is 4.79 Å². The number of carbonyl (C=O) groups is 2. The number of carbonyl (C=O) groups excluding carboxylic acids is 2. The van der Waals surface area contributed by atoms with Gasteiger partial charge in [-0.1, -0.05) is 12.1 Å². The highest BCUT2D eigenvalue weighted by Crippen LogP contribution is 2.22. The van der Waals surface area contributed by atoms with Gasteiger partial charge >= 0.3 is 0 Å². The predicted molar refractivity (Wildman–Crippen MR) is 111 cm³/mol. The van der Waals surface area contributed by atoms with Crippen molar-refractivity contribution in [1.29, 1.82) is 0 Å². The molecule has 7 heteroatoms. The van der Waals surface area contributed by atoms with Gasteiger partial charge in [-0.2, -0.15) is 0 Å². The molecule has 6 nitrogen and oxygen atoms in total. The highest BCUT2D eigenvalue weighted by molar-refractivity contribution is 6.04. The lowest BCUT2D eigenvalue weighted by molar-refractivity contribution is -0.117. The molecule has 2 aromatic carbocycles. The summed E-state index contributed by atoms with van der Waals surface area (Å²) in [5.74, 6) is -0.515. The van der Waals surface area contributed by atoms with Crippen LogP contribution < -0.4 is 15.5 Å². The standard InChI is InChI=1S/C22H25FN4O2/c23-16-5-9-18(10-6-16)27-13-11-26(12-14-27)15-21(28)25-20-4-2-1-3-19(20)22(29)24-17-7-8-17/h1-6,9-10,17H,7-8,11-15H2,(H,24,29)(H,25,28). The van der Waals surface area contributed by atoms with Crippen molar-refractivity contribution in [2.24, 2.45) is 0 Å². The van der Waals surface area contributed by atoms with E-state index >= 15 is 0 Å². The smallest absolute Gasteiger partial charge is 0.253 e.